The molecule has 7 nitrogen and oxygen atoms in total. The van der Waals surface area contributed by atoms with E-state index in [-0.39, 0.29) is 23.1 Å². The Bertz CT molecular complexity index is 860. The van der Waals surface area contributed by atoms with Gasteiger partial charge in [0.2, 0.25) is 21.8 Å². The van der Waals surface area contributed by atoms with Gasteiger partial charge in [0.1, 0.15) is 0 Å². The van der Waals surface area contributed by atoms with Gasteiger partial charge < -0.3 is 10.6 Å². The molecule has 2 aromatic rings. The number of amides is 2. The van der Waals surface area contributed by atoms with Crippen LogP contribution in [0.4, 0.5) is 11.4 Å². The zero-order chi connectivity index (χ0) is 18.4. The van der Waals surface area contributed by atoms with Gasteiger partial charge in [-0.05, 0) is 49.0 Å². The van der Waals surface area contributed by atoms with Crippen LogP contribution in [0.25, 0.3) is 0 Å². The Hall–Kier alpha value is -2.71. The fraction of sp³-hybridized carbons (Fsp3) is 0.176. The molecule has 0 aliphatic carbocycles. The van der Waals surface area contributed by atoms with E-state index >= 15 is 0 Å². The SMILES string of the molecule is CNS(=O)(=O)c1ccc(NC(=O)Cc2ccc(NC(C)=O)cc2)cc1. The Morgan fingerprint density at radius 1 is 0.880 bits per heavy atom. The van der Waals surface area contributed by atoms with Crippen LogP contribution < -0.4 is 15.4 Å². The third kappa shape index (κ3) is 5.40. The summed E-state index contributed by atoms with van der Waals surface area (Å²) in [5.74, 6) is -0.384. The van der Waals surface area contributed by atoms with E-state index < -0.39 is 10.0 Å². The van der Waals surface area contributed by atoms with Crippen molar-refractivity contribution in [3.05, 3.63) is 54.1 Å². The maximum Gasteiger partial charge on any atom is 0.240 e. The topological polar surface area (TPSA) is 104 Å². The minimum Gasteiger partial charge on any atom is -0.326 e. The lowest BCUT2D eigenvalue weighted by atomic mass is 10.1. The van der Waals surface area contributed by atoms with Crippen molar-refractivity contribution in [2.45, 2.75) is 18.2 Å². The van der Waals surface area contributed by atoms with Crippen LogP contribution in [0.15, 0.2) is 53.4 Å². The zero-order valence-corrected chi connectivity index (χ0v) is 14.7. The van der Waals surface area contributed by atoms with E-state index in [1.54, 1.807) is 24.3 Å². The van der Waals surface area contributed by atoms with Crippen LogP contribution in [-0.2, 0) is 26.0 Å². The fourth-order valence-electron chi connectivity index (χ4n) is 2.14. The number of hydrogen-bond acceptors (Lipinski definition) is 4. The van der Waals surface area contributed by atoms with Crippen molar-refractivity contribution in [3.8, 4) is 0 Å². The second-order valence-electron chi connectivity index (χ2n) is 5.34. The predicted molar refractivity (Wildman–Crippen MR) is 95.8 cm³/mol. The number of carbonyl (C=O) groups excluding carboxylic acids is 2. The van der Waals surface area contributed by atoms with E-state index in [0.717, 1.165) is 5.56 Å². The summed E-state index contributed by atoms with van der Waals surface area (Å²) in [5, 5.41) is 5.36. The number of nitrogens with one attached hydrogen (secondary N) is 3. The number of benzene rings is 2. The van der Waals surface area contributed by atoms with Crippen LogP contribution in [-0.4, -0.2) is 27.3 Å². The molecule has 0 aromatic heterocycles. The number of rotatable bonds is 6. The predicted octanol–water partition coefficient (Wildman–Crippen LogP) is 1.73. The first kappa shape index (κ1) is 18.6. The molecule has 0 spiro atoms. The van der Waals surface area contributed by atoms with Crippen molar-refractivity contribution in [1.82, 2.24) is 4.72 Å². The van der Waals surface area contributed by atoms with E-state index in [1.165, 1.54) is 38.2 Å². The lowest BCUT2D eigenvalue weighted by Crippen LogP contribution is -2.18. The maximum absolute atomic E-state index is 12.1. The normalized spacial score (nSPS) is 11.0. The van der Waals surface area contributed by atoms with E-state index in [1.807, 2.05) is 0 Å². The first-order valence-corrected chi connectivity index (χ1v) is 8.98. The summed E-state index contributed by atoms with van der Waals surface area (Å²) >= 11 is 0. The Morgan fingerprint density at radius 3 is 1.92 bits per heavy atom. The third-order valence-corrected chi connectivity index (χ3v) is 4.79. The van der Waals surface area contributed by atoms with E-state index in [0.29, 0.717) is 11.4 Å². The molecule has 25 heavy (non-hydrogen) atoms. The number of hydrogen-bond donors (Lipinski definition) is 3. The molecule has 0 aliphatic heterocycles. The molecule has 0 atom stereocenters. The molecule has 2 rings (SSSR count). The number of carbonyl (C=O) groups is 2. The van der Waals surface area contributed by atoms with Crippen LogP contribution in [0, 0.1) is 0 Å². The van der Waals surface area contributed by atoms with Crippen molar-refractivity contribution in [1.29, 1.82) is 0 Å². The highest BCUT2D eigenvalue weighted by Gasteiger charge is 2.11. The van der Waals surface area contributed by atoms with Crippen LogP contribution in [0.3, 0.4) is 0 Å². The van der Waals surface area contributed by atoms with Gasteiger partial charge in [-0.15, -0.1) is 0 Å². The number of sulfonamides is 1. The summed E-state index contributed by atoms with van der Waals surface area (Å²) in [6, 6.07) is 12.9. The number of anilines is 2. The maximum atomic E-state index is 12.1. The van der Waals surface area contributed by atoms with Gasteiger partial charge in [0, 0.05) is 18.3 Å². The second kappa shape index (κ2) is 7.91. The zero-order valence-electron chi connectivity index (χ0n) is 13.9. The van der Waals surface area contributed by atoms with E-state index in [2.05, 4.69) is 15.4 Å². The average Bonchev–Trinajstić information content (AvgIpc) is 2.56. The molecular weight excluding hydrogens is 342 g/mol. The first-order chi connectivity index (χ1) is 11.8. The summed E-state index contributed by atoms with van der Waals surface area (Å²) in [6.07, 6.45) is 0.164. The summed E-state index contributed by atoms with van der Waals surface area (Å²) in [7, 11) is -2.16. The van der Waals surface area contributed by atoms with Gasteiger partial charge in [-0.3, -0.25) is 9.59 Å². The molecule has 0 bridgehead atoms. The Balaban J connectivity index is 1.97. The van der Waals surface area contributed by atoms with E-state index in [9.17, 15) is 18.0 Å². The highest BCUT2D eigenvalue weighted by molar-refractivity contribution is 7.89. The van der Waals surface area contributed by atoms with Crippen molar-refractivity contribution >= 4 is 33.2 Å². The minimum atomic E-state index is -3.50. The van der Waals surface area contributed by atoms with Gasteiger partial charge >= 0.3 is 0 Å². The Kier molecular flexibility index (Phi) is 5.89. The summed E-state index contributed by atoms with van der Waals surface area (Å²) in [5.41, 5.74) is 1.97. The first-order valence-electron chi connectivity index (χ1n) is 7.50. The second-order valence-corrected chi connectivity index (χ2v) is 7.22. The Morgan fingerprint density at radius 2 is 1.40 bits per heavy atom. The molecule has 0 fully saturated rings. The standard InChI is InChI=1S/C17H19N3O4S/c1-12(21)19-14-5-3-13(4-6-14)11-17(22)20-15-7-9-16(10-8-15)25(23,24)18-2/h3-10,18H,11H2,1-2H3,(H,19,21)(H,20,22). The fourth-order valence-corrected chi connectivity index (χ4v) is 2.87. The Labute approximate surface area is 146 Å². The minimum absolute atomic E-state index is 0.126. The molecular formula is C17H19N3O4S. The van der Waals surface area contributed by atoms with Crippen LogP contribution in [0.1, 0.15) is 12.5 Å². The molecule has 3 N–H and O–H groups in total. The van der Waals surface area contributed by atoms with Crippen molar-refractivity contribution in [2.75, 3.05) is 17.7 Å². The summed E-state index contributed by atoms with van der Waals surface area (Å²) in [6.45, 7) is 1.43. The molecule has 2 amide bonds. The van der Waals surface area contributed by atoms with E-state index in [4.69, 9.17) is 0 Å². The summed E-state index contributed by atoms with van der Waals surface area (Å²) in [4.78, 5) is 23.2. The average molecular weight is 361 g/mol. The highest BCUT2D eigenvalue weighted by atomic mass is 32.2. The van der Waals surface area contributed by atoms with Gasteiger partial charge in [0.15, 0.2) is 0 Å². The molecule has 0 aliphatic rings. The molecule has 0 unspecified atom stereocenters. The summed E-state index contributed by atoms with van der Waals surface area (Å²) < 4.78 is 25.5. The third-order valence-electron chi connectivity index (χ3n) is 3.36. The van der Waals surface area contributed by atoms with Crippen LogP contribution >= 0.6 is 0 Å². The largest absolute Gasteiger partial charge is 0.326 e. The molecule has 0 heterocycles. The highest BCUT2D eigenvalue weighted by Crippen LogP contribution is 2.15. The molecule has 8 heteroatoms. The van der Waals surface area contributed by atoms with Crippen LogP contribution in [0.2, 0.25) is 0 Å². The molecule has 2 aromatic carbocycles. The van der Waals surface area contributed by atoms with Crippen molar-refractivity contribution in [2.24, 2.45) is 0 Å². The quantitative estimate of drug-likeness (QED) is 0.729. The smallest absolute Gasteiger partial charge is 0.240 e. The lowest BCUT2D eigenvalue weighted by Gasteiger charge is -2.08. The molecule has 0 radical (unpaired) electrons. The lowest BCUT2D eigenvalue weighted by molar-refractivity contribution is -0.116. The molecule has 0 saturated heterocycles. The van der Waals surface area contributed by atoms with Gasteiger partial charge in [-0.2, -0.15) is 0 Å². The molecule has 0 saturated carbocycles. The van der Waals surface area contributed by atoms with Crippen molar-refractivity contribution in [3.63, 3.8) is 0 Å². The van der Waals surface area contributed by atoms with Gasteiger partial charge in [-0.1, -0.05) is 12.1 Å². The van der Waals surface area contributed by atoms with Gasteiger partial charge in [-0.25, -0.2) is 13.1 Å². The van der Waals surface area contributed by atoms with Crippen molar-refractivity contribution < 1.29 is 18.0 Å². The van der Waals surface area contributed by atoms with Gasteiger partial charge in [0.05, 0.1) is 11.3 Å². The van der Waals surface area contributed by atoms with Gasteiger partial charge in [0.25, 0.3) is 0 Å². The van der Waals surface area contributed by atoms with Crippen LogP contribution in [0.5, 0.6) is 0 Å². The molecule has 132 valence electrons. The monoisotopic (exact) mass is 361 g/mol.